The maximum atomic E-state index is 11.4. The number of carbonyl (C=O) groups excluding carboxylic acids is 1. The van der Waals surface area contributed by atoms with Crippen LogP contribution in [0.15, 0.2) is 0 Å². The summed E-state index contributed by atoms with van der Waals surface area (Å²) in [4.78, 5) is 11.4. The van der Waals surface area contributed by atoms with Crippen LogP contribution in [0, 0.1) is 0 Å². The minimum absolute atomic E-state index is 0.00799. The lowest BCUT2D eigenvalue weighted by Crippen LogP contribution is -2.47. The van der Waals surface area contributed by atoms with E-state index in [0.717, 1.165) is 6.42 Å². The van der Waals surface area contributed by atoms with Crippen molar-refractivity contribution in [2.24, 2.45) is 0 Å². The van der Waals surface area contributed by atoms with Crippen molar-refractivity contribution in [2.75, 3.05) is 0 Å². The fourth-order valence-corrected chi connectivity index (χ4v) is 3.74. The number of esters is 1. The molecule has 0 aromatic rings. The lowest BCUT2D eigenvalue weighted by Gasteiger charge is -2.34. The highest BCUT2D eigenvalue weighted by atomic mass is 16.8. The second-order valence-electron chi connectivity index (χ2n) is 5.95. The van der Waals surface area contributed by atoms with Gasteiger partial charge in [-0.3, -0.25) is 4.79 Å². The summed E-state index contributed by atoms with van der Waals surface area (Å²) in [5.74, 6) is -0.706. The Balaban J connectivity index is 1.66. The Morgan fingerprint density at radius 3 is 2.76 bits per heavy atom. The number of hydrogen-bond donors (Lipinski definition) is 0. The Hall–Kier alpha value is -0.650. The predicted octanol–water partition coefficient (Wildman–Crippen LogP) is 0.753. The summed E-state index contributed by atoms with van der Waals surface area (Å²) >= 11 is 0. The SMILES string of the molecule is CC1(C)OC2C[C@]34C[C@@H](O[C@H]3CC(=O)O4)[C@@H]2O1. The highest BCUT2D eigenvalue weighted by Crippen LogP contribution is 2.53. The maximum Gasteiger partial charge on any atom is 0.309 e. The molecule has 4 aliphatic rings. The number of hydrogen-bond acceptors (Lipinski definition) is 5. The van der Waals surface area contributed by atoms with Crippen molar-refractivity contribution in [2.45, 2.75) is 68.9 Å². The van der Waals surface area contributed by atoms with Crippen molar-refractivity contribution < 1.29 is 23.7 Å². The van der Waals surface area contributed by atoms with Crippen molar-refractivity contribution in [3.8, 4) is 0 Å². The Labute approximate surface area is 99.3 Å². The molecule has 0 aromatic carbocycles. The van der Waals surface area contributed by atoms with E-state index in [0.29, 0.717) is 12.8 Å². The minimum atomic E-state index is -0.558. The smallest absolute Gasteiger partial charge is 0.309 e. The zero-order valence-corrected chi connectivity index (χ0v) is 9.97. The van der Waals surface area contributed by atoms with Crippen LogP contribution in [-0.2, 0) is 23.7 Å². The van der Waals surface area contributed by atoms with Crippen molar-refractivity contribution in [3.05, 3.63) is 0 Å². The zero-order valence-electron chi connectivity index (χ0n) is 9.97. The van der Waals surface area contributed by atoms with Gasteiger partial charge < -0.3 is 18.9 Å². The van der Waals surface area contributed by atoms with Crippen molar-refractivity contribution in [1.82, 2.24) is 0 Å². The first-order valence-corrected chi connectivity index (χ1v) is 6.20. The van der Waals surface area contributed by atoms with Gasteiger partial charge >= 0.3 is 5.97 Å². The molecule has 1 aliphatic carbocycles. The molecule has 17 heavy (non-hydrogen) atoms. The summed E-state index contributed by atoms with van der Waals surface area (Å²) in [6, 6.07) is 0. The fraction of sp³-hybridized carbons (Fsp3) is 0.917. The summed E-state index contributed by atoms with van der Waals surface area (Å²) in [5.41, 5.74) is -0.438. The van der Waals surface area contributed by atoms with Gasteiger partial charge in [-0.25, -0.2) is 0 Å². The molecule has 4 fully saturated rings. The van der Waals surface area contributed by atoms with Gasteiger partial charge in [0.15, 0.2) is 5.79 Å². The standard InChI is InChI=1S/C12H16O5/c1-11(2)15-7-5-12-4-6(10(7)17-11)14-8(12)3-9(13)16-12/h6-8,10H,3-5H2,1-2H3/t6-,7?,8+,10+,12-/m1/s1. The lowest BCUT2D eigenvalue weighted by atomic mass is 9.80. The Morgan fingerprint density at radius 1 is 1.18 bits per heavy atom. The van der Waals surface area contributed by atoms with Crippen LogP contribution in [0.5, 0.6) is 0 Å². The maximum absolute atomic E-state index is 11.4. The van der Waals surface area contributed by atoms with Gasteiger partial charge in [0, 0.05) is 12.8 Å². The molecule has 2 bridgehead atoms. The molecule has 5 atom stereocenters. The fourth-order valence-electron chi connectivity index (χ4n) is 3.74. The Kier molecular flexibility index (Phi) is 1.72. The van der Waals surface area contributed by atoms with E-state index in [1.165, 1.54) is 0 Å². The number of ether oxygens (including phenoxy) is 4. The first-order chi connectivity index (χ1) is 7.97. The van der Waals surface area contributed by atoms with Crippen LogP contribution < -0.4 is 0 Å². The summed E-state index contributed by atoms with van der Waals surface area (Å²) in [7, 11) is 0. The van der Waals surface area contributed by atoms with Gasteiger partial charge in [-0.15, -0.1) is 0 Å². The van der Waals surface area contributed by atoms with Crippen LogP contribution in [0.4, 0.5) is 0 Å². The molecule has 1 saturated carbocycles. The first-order valence-electron chi connectivity index (χ1n) is 6.20. The number of carbonyl (C=O) groups is 1. The van der Waals surface area contributed by atoms with Crippen LogP contribution >= 0.6 is 0 Å². The highest BCUT2D eigenvalue weighted by Gasteiger charge is 2.66. The molecule has 94 valence electrons. The second-order valence-corrected chi connectivity index (χ2v) is 5.95. The van der Waals surface area contributed by atoms with Crippen molar-refractivity contribution >= 4 is 5.97 Å². The largest absolute Gasteiger partial charge is 0.456 e. The molecular weight excluding hydrogens is 224 g/mol. The van der Waals surface area contributed by atoms with Crippen LogP contribution in [0.3, 0.4) is 0 Å². The minimum Gasteiger partial charge on any atom is -0.456 e. The average Bonchev–Trinajstić information content (AvgIpc) is 2.72. The number of fused-ring (bicyclic) bond motifs is 3. The normalized spacial score (nSPS) is 54.4. The Bertz CT molecular complexity index is 392. The molecule has 5 heteroatoms. The van der Waals surface area contributed by atoms with Crippen LogP contribution in [0.2, 0.25) is 0 Å². The first kappa shape index (κ1) is 10.3. The molecule has 0 aromatic heterocycles. The van der Waals surface area contributed by atoms with E-state index in [9.17, 15) is 4.79 Å². The van der Waals surface area contributed by atoms with E-state index >= 15 is 0 Å². The third-order valence-electron chi connectivity index (χ3n) is 4.28. The van der Waals surface area contributed by atoms with Gasteiger partial charge in [0.1, 0.15) is 17.8 Å². The molecule has 0 N–H and O–H groups in total. The average molecular weight is 240 g/mol. The predicted molar refractivity (Wildman–Crippen MR) is 55.2 cm³/mol. The van der Waals surface area contributed by atoms with E-state index < -0.39 is 11.4 Å². The van der Waals surface area contributed by atoms with Gasteiger partial charge in [0.05, 0.1) is 18.6 Å². The van der Waals surface area contributed by atoms with Gasteiger partial charge in [0.2, 0.25) is 0 Å². The zero-order chi connectivity index (χ0) is 11.8. The van der Waals surface area contributed by atoms with Gasteiger partial charge in [-0.05, 0) is 13.8 Å². The topological polar surface area (TPSA) is 54.0 Å². The third kappa shape index (κ3) is 1.27. The summed E-state index contributed by atoms with van der Waals surface area (Å²) in [5, 5.41) is 0. The third-order valence-corrected chi connectivity index (χ3v) is 4.28. The quantitative estimate of drug-likeness (QED) is 0.585. The van der Waals surface area contributed by atoms with Gasteiger partial charge in [0.25, 0.3) is 0 Å². The molecule has 3 saturated heterocycles. The van der Waals surface area contributed by atoms with Crippen molar-refractivity contribution in [1.29, 1.82) is 0 Å². The molecule has 4 rings (SSSR count). The van der Waals surface area contributed by atoms with E-state index in [2.05, 4.69) is 0 Å². The Morgan fingerprint density at radius 2 is 1.94 bits per heavy atom. The van der Waals surface area contributed by atoms with Crippen LogP contribution in [-0.4, -0.2) is 41.8 Å². The summed E-state index contributed by atoms with van der Waals surface area (Å²) < 4.78 is 23.2. The molecule has 3 heterocycles. The lowest BCUT2D eigenvalue weighted by molar-refractivity contribution is -0.162. The molecule has 3 aliphatic heterocycles. The van der Waals surface area contributed by atoms with E-state index in [4.69, 9.17) is 18.9 Å². The molecule has 1 unspecified atom stereocenters. The molecule has 0 radical (unpaired) electrons. The summed E-state index contributed by atoms with van der Waals surface area (Å²) in [6.45, 7) is 3.82. The van der Waals surface area contributed by atoms with E-state index in [1.807, 2.05) is 13.8 Å². The monoisotopic (exact) mass is 240 g/mol. The highest BCUT2D eigenvalue weighted by molar-refractivity contribution is 5.73. The molecule has 5 nitrogen and oxygen atoms in total. The molecular formula is C12H16O5. The summed E-state index contributed by atoms with van der Waals surface area (Å²) in [6.07, 6.45) is 1.71. The van der Waals surface area contributed by atoms with Gasteiger partial charge in [-0.1, -0.05) is 0 Å². The van der Waals surface area contributed by atoms with E-state index in [1.54, 1.807) is 0 Å². The van der Waals surface area contributed by atoms with Crippen molar-refractivity contribution in [3.63, 3.8) is 0 Å². The van der Waals surface area contributed by atoms with Gasteiger partial charge in [-0.2, -0.15) is 0 Å². The molecule has 0 amide bonds. The second kappa shape index (κ2) is 2.84. The van der Waals surface area contributed by atoms with Crippen LogP contribution in [0.25, 0.3) is 0 Å². The van der Waals surface area contributed by atoms with E-state index in [-0.39, 0.29) is 30.4 Å². The number of rotatable bonds is 0. The molecule has 1 spiro atoms. The van der Waals surface area contributed by atoms with Crippen LogP contribution in [0.1, 0.15) is 33.1 Å².